The number of hydrogen-bond donors (Lipinski definition) is 0. The first-order chi connectivity index (χ1) is 19.7. The molecule has 3 aromatic carbocycles. The van der Waals surface area contributed by atoms with Gasteiger partial charge in [0.05, 0.1) is 18.5 Å². The fourth-order valence-electron chi connectivity index (χ4n) is 5.66. The van der Waals surface area contributed by atoms with E-state index in [0.29, 0.717) is 5.71 Å². The van der Waals surface area contributed by atoms with Crippen LogP contribution in [0.3, 0.4) is 0 Å². The molecule has 0 fully saturated rings. The van der Waals surface area contributed by atoms with E-state index < -0.39 is 5.41 Å². The number of para-hydroxylation sites is 1. The number of nitrogens with zero attached hydrogens (tertiary/aromatic N) is 2. The van der Waals surface area contributed by atoms with Crippen LogP contribution in [0, 0.1) is 5.41 Å². The summed E-state index contributed by atoms with van der Waals surface area (Å²) in [6, 6.07) is 36.1. The summed E-state index contributed by atoms with van der Waals surface area (Å²) in [5, 5.41) is 10.9. The maximum absolute atomic E-state index is 15.2. The molecule has 0 saturated heterocycles. The van der Waals surface area contributed by atoms with Crippen molar-refractivity contribution in [2.24, 2.45) is 10.5 Å². The molecule has 1 aliphatic heterocycles. The molecule has 1 atom stereocenters. The average molecular weight is 557 g/mol. The molecule has 0 N–H and O–H groups in total. The first kappa shape index (κ1) is 24.5. The van der Waals surface area contributed by atoms with Crippen molar-refractivity contribution in [1.82, 2.24) is 0 Å². The Morgan fingerprint density at radius 2 is 1.38 bits per heavy atom. The molecule has 6 heteroatoms. The number of thiophene rings is 2. The number of anilines is 1. The van der Waals surface area contributed by atoms with Gasteiger partial charge in [-0.25, -0.2) is 0 Å². The molecule has 194 valence electrons. The zero-order valence-corrected chi connectivity index (χ0v) is 23.3. The van der Waals surface area contributed by atoms with E-state index in [-0.39, 0.29) is 5.91 Å². The summed E-state index contributed by atoms with van der Waals surface area (Å²) in [6.07, 6.45) is 2.21. The lowest BCUT2D eigenvalue weighted by molar-refractivity contribution is -0.120. The molecular weight excluding hydrogens is 533 g/mol. The maximum atomic E-state index is 15.2. The van der Waals surface area contributed by atoms with Gasteiger partial charge in [0.1, 0.15) is 11.2 Å². The van der Waals surface area contributed by atoms with Crippen molar-refractivity contribution in [2.75, 3.05) is 12.1 Å². The Hall–Kier alpha value is -4.52. The highest BCUT2D eigenvalue weighted by atomic mass is 32.1. The molecule has 1 aliphatic carbocycles. The van der Waals surface area contributed by atoms with Gasteiger partial charge in [0.15, 0.2) is 0 Å². The van der Waals surface area contributed by atoms with Crippen LogP contribution >= 0.6 is 22.7 Å². The first-order valence-electron chi connectivity index (χ1n) is 12.9. The van der Waals surface area contributed by atoms with E-state index in [2.05, 4.69) is 47.2 Å². The van der Waals surface area contributed by atoms with E-state index in [1.54, 1.807) is 34.8 Å². The van der Waals surface area contributed by atoms with Crippen LogP contribution in [0.2, 0.25) is 0 Å². The predicted octanol–water partition coefficient (Wildman–Crippen LogP) is 8.26. The molecule has 1 amide bonds. The summed E-state index contributed by atoms with van der Waals surface area (Å²) in [4.78, 5) is 17.3. The van der Waals surface area contributed by atoms with Gasteiger partial charge in [0.2, 0.25) is 0 Å². The Labute approximate surface area is 240 Å². The Balaban J connectivity index is 1.58. The van der Waals surface area contributed by atoms with Crippen LogP contribution in [0.25, 0.3) is 16.7 Å². The highest BCUT2D eigenvalue weighted by molar-refractivity contribution is 7.12. The molecule has 3 heterocycles. The summed E-state index contributed by atoms with van der Waals surface area (Å²) in [7, 11) is 1.66. The third kappa shape index (κ3) is 3.72. The second kappa shape index (κ2) is 9.90. The van der Waals surface area contributed by atoms with Crippen molar-refractivity contribution in [2.45, 2.75) is 0 Å². The molecule has 40 heavy (non-hydrogen) atoms. The topological polar surface area (TPSA) is 41.9 Å². The van der Waals surface area contributed by atoms with Gasteiger partial charge in [-0.1, -0.05) is 60.7 Å². The SMILES string of the molecule is COc1ccc(C2=NN(c3ccccc3)C(=O)[C@@]23C(c2ccccc2)=CC(c2cccs2)=C3c2cccs2)cc1. The molecule has 2 aliphatic rings. The van der Waals surface area contributed by atoms with Crippen LogP contribution in [-0.2, 0) is 4.79 Å². The lowest BCUT2D eigenvalue weighted by Gasteiger charge is -2.32. The van der Waals surface area contributed by atoms with Gasteiger partial charge in [0.25, 0.3) is 5.91 Å². The smallest absolute Gasteiger partial charge is 0.268 e. The number of amides is 1. The molecular formula is C34H24N2O2S2. The van der Waals surface area contributed by atoms with Crippen LogP contribution in [0.5, 0.6) is 5.75 Å². The quantitative estimate of drug-likeness (QED) is 0.211. The normalized spacial score (nSPS) is 18.4. The van der Waals surface area contributed by atoms with E-state index in [4.69, 9.17) is 9.84 Å². The molecule has 5 aromatic rings. The van der Waals surface area contributed by atoms with Crippen molar-refractivity contribution in [3.05, 3.63) is 147 Å². The molecule has 0 radical (unpaired) electrons. The Kier molecular flexibility index (Phi) is 6.07. The minimum atomic E-state index is -1.16. The largest absolute Gasteiger partial charge is 0.497 e. The van der Waals surface area contributed by atoms with Crippen LogP contribution in [-0.4, -0.2) is 18.7 Å². The molecule has 0 bridgehead atoms. The molecule has 0 saturated carbocycles. The minimum Gasteiger partial charge on any atom is -0.497 e. The monoisotopic (exact) mass is 556 g/mol. The molecule has 1 spiro atoms. The summed E-state index contributed by atoms with van der Waals surface area (Å²) < 4.78 is 5.46. The lowest BCUT2D eigenvalue weighted by atomic mass is 9.68. The van der Waals surface area contributed by atoms with E-state index in [1.165, 1.54) is 0 Å². The number of allylic oxidation sites excluding steroid dienone is 2. The lowest BCUT2D eigenvalue weighted by Crippen LogP contribution is -2.41. The van der Waals surface area contributed by atoms with Crippen molar-refractivity contribution < 1.29 is 9.53 Å². The van der Waals surface area contributed by atoms with Crippen molar-refractivity contribution in [3.63, 3.8) is 0 Å². The van der Waals surface area contributed by atoms with Crippen LogP contribution in [0.1, 0.15) is 20.9 Å². The molecule has 4 nitrogen and oxygen atoms in total. The third-order valence-electron chi connectivity index (χ3n) is 7.41. The predicted molar refractivity (Wildman–Crippen MR) is 166 cm³/mol. The van der Waals surface area contributed by atoms with Crippen LogP contribution in [0.15, 0.2) is 131 Å². The average Bonchev–Trinajstić information content (AvgIpc) is 3.82. The van der Waals surface area contributed by atoms with Crippen LogP contribution in [0.4, 0.5) is 5.69 Å². The van der Waals surface area contributed by atoms with Gasteiger partial charge in [-0.2, -0.15) is 10.1 Å². The van der Waals surface area contributed by atoms with Gasteiger partial charge in [0, 0.05) is 15.3 Å². The standard InChI is InChI=1S/C34H24N2O2S2/c1-38-26-18-16-24(17-19-26)32-34(33(37)36(35-32)25-12-6-3-7-13-25)28(23-10-4-2-5-11-23)22-27(29-14-8-20-39-29)31(34)30-15-9-21-40-30/h2-22H,1H3/t34-/m1/s1. The molecule has 0 unspecified atom stereocenters. The van der Waals surface area contributed by atoms with Gasteiger partial charge in [-0.05, 0) is 87.6 Å². The van der Waals surface area contributed by atoms with E-state index in [1.807, 2.05) is 78.9 Å². The summed E-state index contributed by atoms with van der Waals surface area (Å²) in [6.45, 7) is 0. The number of methoxy groups -OCH3 is 1. The Morgan fingerprint density at radius 3 is 2.00 bits per heavy atom. The number of rotatable bonds is 6. The van der Waals surface area contributed by atoms with E-state index >= 15 is 4.79 Å². The summed E-state index contributed by atoms with van der Waals surface area (Å²) in [5.41, 5.74) is 5.10. The summed E-state index contributed by atoms with van der Waals surface area (Å²) in [5.74, 6) is 0.663. The minimum absolute atomic E-state index is 0.0884. The van der Waals surface area contributed by atoms with Crippen molar-refractivity contribution in [1.29, 1.82) is 0 Å². The number of benzene rings is 3. The zero-order valence-electron chi connectivity index (χ0n) is 21.7. The van der Waals surface area contributed by atoms with E-state index in [9.17, 15) is 0 Å². The molecule has 2 aromatic heterocycles. The number of carbonyl (C=O) groups excluding carboxylic acids is 1. The number of hydrogen-bond acceptors (Lipinski definition) is 5. The highest BCUT2D eigenvalue weighted by Gasteiger charge is 2.60. The number of hydrazone groups is 1. The van der Waals surface area contributed by atoms with E-state index in [0.717, 1.165) is 49.0 Å². The fourth-order valence-corrected chi connectivity index (χ4v) is 7.25. The van der Waals surface area contributed by atoms with Crippen molar-refractivity contribution in [3.8, 4) is 5.75 Å². The Morgan fingerprint density at radius 1 is 0.725 bits per heavy atom. The highest BCUT2D eigenvalue weighted by Crippen LogP contribution is 2.61. The number of ether oxygens (including phenoxy) is 1. The van der Waals surface area contributed by atoms with Crippen molar-refractivity contribution >= 4 is 56.7 Å². The van der Waals surface area contributed by atoms with Crippen LogP contribution < -0.4 is 9.75 Å². The first-order valence-corrected chi connectivity index (χ1v) is 14.7. The van der Waals surface area contributed by atoms with Gasteiger partial charge >= 0.3 is 0 Å². The molecule has 7 rings (SSSR count). The van der Waals surface area contributed by atoms with Gasteiger partial charge in [-0.15, -0.1) is 22.7 Å². The Bertz CT molecular complexity index is 1770. The second-order valence-corrected chi connectivity index (χ2v) is 11.4. The third-order valence-corrected chi connectivity index (χ3v) is 9.20. The zero-order chi connectivity index (χ0) is 27.1. The second-order valence-electron chi connectivity index (χ2n) is 9.55. The fraction of sp³-hybridized carbons (Fsp3) is 0.0588. The summed E-state index contributed by atoms with van der Waals surface area (Å²) >= 11 is 3.33. The van der Waals surface area contributed by atoms with Gasteiger partial charge < -0.3 is 4.74 Å². The number of carbonyl (C=O) groups is 1. The van der Waals surface area contributed by atoms with Gasteiger partial charge in [-0.3, -0.25) is 4.79 Å². The maximum Gasteiger partial charge on any atom is 0.268 e.